The van der Waals surface area contributed by atoms with Gasteiger partial charge in [-0.05, 0) is 62.9 Å². The third-order valence-corrected chi connectivity index (χ3v) is 7.66. The number of aryl methyl sites for hydroxylation is 1. The standard InChI is InChI=1S/C25H26F3N3O2S.CO2/c1-17-8-3-4-10-20(17)24-21(25(26,27)28)14-13-19(29-24)16-34(32,33)23-12-7-11-22(30-23)31-15-6-5-9-18(31)2;2-1-3/h3-4,7-8,10-14,18H,5-6,9,15-16H2,1-2H3;/t18-;/m0./s1. The molecule has 0 N–H and O–H groups in total. The lowest BCUT2D eigenvalue weighted by molar-refractivity contribution is -0.191. The molecule has 1 aliphatic rings. The lowest BCUT2D eigenvalue weighted by Crippen LogP contribution is -2.38. The van der Waals surface area contributed by atoms with Crippen LogP contribution in [0.1, 0.15) is 43.0 Å². The molecule has 7 nitrogen and oxygen atoms in total. The van der Waals surface area contributed by atoms with Crippen LogP contribution in [0.25, 0.3) is 11.3 Å². The van der Waals surface area contributed by atoms with Gasteiger partial charge in [0.05, 0.1) is 22.7 Å². The largest absolute Gasteiger partial charge is 0.418 e. The Hall–Kier alpha value is -3.56. The highest BCUT2D eigenvalue weighted by Gasteiger charge is 2.35. The molecule has 1 fully saturated rings. The predicted octanol–water partition coefficient (Wildman–Crippen LogP) is 5.24. The number of pyridine rings is 2. The average Bonchev–Trinajstić information content (AvgIpc) is 2.84. The van der Waals surface area contributed by atoms with Crippen LogP contribution < -0.4 is 4.90 Å². The summed E-state index contributed by atoms with van der Waals surface area (Å²) in [5.74, 6) is 0.0463. The average molecular weight is 534 g/mol. The Morgan fingerprint density at radius 1 is 1.00 bits per heavy atom. The molecule has 4 rings (SSSR count). The second-order valence-corrected chi connectivity index (χ2v) is 10.7. The highest BCUT2D eigenvalue weighted by atomic mass is 32.2. The molecule has 0 spiro atoms. The van der Waals surface area contributed by atoms with E-state index >= 15 is 0 Å². The number of aromatic nitrogens is 2. The van der Waals surface area contributed by atoms with Crippen molar-refractivity contribution in [1.82, 2.24) is 9.97 Å². The molecule has 1 saturated heterocycles. The van der Waals surface area contributed by atoms with Crippen LogP contribution in [0, 0.1) is 6.92 Å². The van der Waals surface area contributed by atoms with Crippen LogP contribution >= 0.6 is 0 Å². The van der Waals surface area contributed by atoms with E-state index in [9.17, 15) is 21.6 Å². The van der Waals surface area contributed by atoms with Gasteiger partial charge in [0, 0.05) is 18.2 Å². The summed E-state index contributed by atoms with van der Waals surface area (Å²) in [6, 6.07) is 13.7. The summed E-state index contributed by atoms with van der Waals surface area (Å²) in [6.45, 7) is 4.58. The number of benzene rings is 1. The van der Waals surface area contributed by atoms with Gasteiger partial charge in [-0.2, -0.15) is 22.8 Å². The molecule has 0 unspecified atom stereocenters. The second-order valence-electron chi connectivity index (χ2n) is 8.73. The minimum atomic E-state index is -4.62. The molecule has 0 aliphatic carbocycles. The van der Waals surface area contributed by atoms with Gasteiger partial charge in [-0.3, -0.25) is 4.98 Å². The summed E-state index contributed by atoms with van der Waals surface area (Å²) in [4.78, 5) is 26.9. The van der Waals surface area contributed by atoms with Crippen LogP contribution in [0.4, 0.5) is 19.0 Å². The topological polar surface area (TPSA) is 97.3 Å². The minimum Gasteiger partial charge on any atom is -0.354 e. The molecule has 0 saturated carbocycles. The van der Waals surface area contributed by atoms with Gasteiger partial charge >= 0.3 is 12.3 Å². The molecule has 37 heavy (non-hydrogen) atoms. The van der Waals surface area contributed by atoms with E-state index in [0.717, 1.165) is 37.9 Å². The summed E-state index contributed by atoms with van der Waals surface area (Å²) in [5.41, 5.74) is -0.215. The summed E-state index contributed by atoms with van der Waals surface area (Å²) in [6.07, 6.45) is -1.22. The summed E-state index contributed by atoms with van der Waals surface area (Å²) in [5, 5.41) is -0.109. The Morgan fingerprint density at radius 3 is 2.35 bits per heavy atom. The van der Waals surface area contributed by atoms with Gasteiger partial charge in [-0.25, -0.2) is 13.4 Å². The summed E-state index contributed by atoms with van der Waals surface area (Å²) in [7, 11) is -3.93. The van der Waals surface area contributed by atoms with E-state index < -0.39 is 27.3 Å². The van der Waals surface area contributed by atoms with E-state index in [-0.39, 0.29) is 28.6 Å². The number of piperidine rings is 1. The number of carbonyl (C=O) groups excluding carboxylic acids is 2. The number of hydrogen-bond donors (Lipinski definition) is 0. The lowest BCUT2D eigenvalue weighted by Gasteiger charge is -2.34. The van der Waals surface area contributed by atoms with E-state index in [1.165, 1.54) is 6.07 Å². The molecule has 1 atom stereocenters. The number of hydrogen-bond acceptors (Lipinski definition) is 7. The van der Waals surface area contributed by atoms with E-state index in [0.29, 0.717) is 16.9 Å². The van der Waals surface area contributed by atoms with E-state index in [2.05, 4.69) is 21.8 Å². The van der Waals surface area contributed by atoms with Crippen molar-refractivity contribution < 1.29 is 31.2 Å². The van der Waals surface area contributed by atoms with Gasteiger partial charge in [0.15, 0.2) is 5.03 Å². The fourth-order valence-electron chi connectivity index (χ4n) is 4.30. The maximum atomic E-state index is 13.7. The number of anilines is 1. The van der Waals surface area contributed by atoms with Crippen LogP contribution in [-0.2, 0) is 31.4 Å². The highest BCUT2D eigenvalue weighted by Crippen LogP contribution is 2.37. The van der Waals surface area contributed by atoms with Crippen molar-refractivity contribution in [2.75, 3.05) is 11.4 Å². The van der Waals surface area contributed by atoms with E-state index in [1.54, 1.807) is 43.3 Å². The first-order valence-corrected chi connectivity index (χ1v) is 13.2. The van der Waals surface area contributed by atoms with Gasteiger partial charge in [-0.15, -0.1) is 0 Å². The Kier molecular flexibility index (Phi) is 8.83. The van der Waals surface area contributed by atoms with Crippen molar-refractivity contribution in [3.05, 3.63) is 71.4 Å². The van der Waals surface area contributed by atoms with Crippen LogP contribution in [0.2, 0.25) is 0 Å². The molecule has 3 heterocycles. The van der Waals surface area contributed by atoms with Gasteiger partial charge in [0.2, 0.25) is 9.84 Å². The predicted molar refractivity (Wildman–Crippen MR) is 130 cm³/mol. The molecule has 0 bridgehead atoms. The molecule has 3 aromatic rings. The molecule has 1 aliphatic heterocycles. The van der Waals surface area contributed by atoms with Crippen LogP contribution in [0.15, 0.2) is 59.6 Å². The Morgan fingerprint density at radius 2 is 1.70 bits per heavy atom. The van der Waals surface area contributed by atoms with Crippen molar-refractivity contribution in [2.45, 2.75) is 56.1 Å². The van der Waals surface area contributed by atoms with Crippen molar-refractivity contribution in [2.24, 2.45) is 0 Å². The molecular weight excluding hydrogens is 507 g/mol. The van der Waals surface area contributed by atoms with Crippen molar-refractivity contribution in [3.63, 3.8) is 0 Å². The molecule has 1 aromatic carbocycles. The van der Waals surface area contributed by atoms with Gasteiger partial charge < -0.3 is 4.90 Å². The fraction of sp³-hybridized carbons (Fsp3) is 0.346. The highest BCUT2D eigenvalue weighted by molar-refractivity contribution is 7.90. The van der Waals surface area contributed by atoms with Gasteiger partial charge in [0.25, 0.3) is 0 Å². The van der Waals surface area contributed by atoms with Crippen LogP contribution in [0.5, 0.6) is 0 Å². The molecular formula is C26H26F3N3O4S. The SMILES string of the molecule is Cc1ccccc1-c1nc(CS(=O)(=O)c2cccc(N3CCCC[C@@H]3C)n2)ccc1C(F)(F)F.O=C=O. The van der Waals surface area contributed by atoms with Gasteiger partial charge in [-0.1, -0.05) is 30.3 Å². The number of rotatable bonds is 5. The maximum absolute atomic E-state index is 13.7. The quantitative estimate of drug-likeness (QED) is 0.442. The van der Waals surface area contributed by atoms with Crippen molar-refractivity contribution in [3.8, 4) is 11.3 Å². The Balaban J connectivity index is 0.00000121. The minimum absolute atomic E-state index is 0.0322. The molecule has 0 amide bonds. The molecule has 0 radical (unpaired) electrons. The first kappa shape index (κ1) is 28.0. The van der Waals surface area contributed by atoms with Crippen LogP contribution in [0.3, 0.4) is 0 Å². The normalized spacial score (nSPS) is 15.9. The molecule has 11 heteroatoms. The van der Waals surface area contributed by atoms with Gasteiger partial charge in [0.1, 0.15) is 5.82 Å². The third-order valence-electron chi connectivity index (χ3n) is 6.12. The number of sulfone groups is 1. The zero-order valence-corrected chi connectivity index (χ0v) is 21.1. The zero-order chi connectivity index (χ0) is 27.2. The smallest absolute Gasteiger partial charge is 0.354 e. The second kappa shape index (κ2) is 11.7. The van der Waals surface area contributed by atoms with Crippen LogP contribution in [-0.4, -0.2) is 37.1 Å². The fourth-order valence-corrected chi connectivity index (χ4v) is 5.51. The number of alkyl halides is 3. The Labute approximate surface area is 213 Å². The first-order chi connectivity index (χ1) is 17.5. The molecule has 2 aromatic heterocycles. The van der Waals surface area contributed by atoms with E-state index in [1.807, 2.05) is 0 Å². The summed E-state index contributed by atoms with van der Waals surface area (Å²) >= 11 is 0. The Bertz CT molecular complexity index is 1390. The van der Waals surface area contributed by atoms with Crippen molar-refractivity contribution in [1.29, 1.82) is 0 Å². The monoisotopic (exact) mass is 533 g/mol. The third kappa shape index (κ3) is 6.81. The zero-order valence-electron chi connectivity index (χ0n) is 20.3. The van der Waals surface area contributed by atoms with Crippen molar-refractivity contribution >= 4 is 21.8 Å². The number of halogens is 3. The van der Waals surface area contributed by atoms with E-state index in [4.69, 9.17) is 9.59 Å². The molecule has 196 valence electrons. The number of nitrogens with zero attached hydrogens (tertiary/aromatic N) is 3. The summed E-state index contributed by atoms with van der Waals surface area (Å²) < 4.78 is 67.4. The lowest BCUT2D eigenvalue weighted by atomic mass is 10.0. The maximum Gasteiger partial charge on any atom is 0.418 e. The first-order valence-electron chi connectivity index (χ1n) is 11.6.